The van der Waals surface area contributed by atoms with Gasteiger partial charge in [0.25, 0.3) is 0 Å². The molecule has 74 valence electrons. The van der Waals surface area contributed by atoms with Crippen molar-refractivity contribution in [3.05, 3.63) is 46.3 Å². The van der Waals surface area contributed by atoms with Crippen LogP contribution in [0.2, 0.25) is 0 Å². The van der Waals surface area contributed by atoms with Crippen LogP contribution in [0.3, 0.4) is 0 Å². The first-order valence-corrected chi connectivity index (χ1v) is 4.90. The van der Waals surface area contributed by atoms with E-state index in [0.717, 1.165) is 12.8 Å². The summed E-state index contributed by atoms with van der Waals surface area (Å²) in [5.41, 5.74) is 9.46. The average molecular weight is 189 g/mol. The molecule has 0 aliphatic heterocycles. The fourth-order valence-corrected chi connectivity index (χ4v) is 1.46. The largest absolute Gasteiger partial charge is 0.0940 e. The van der Waals surface area contributed by atoms with Crippen LogP contribution in [0.5, 0.6) is 0 Å². The summed E-state index contributed by atoms with van der Waals surface area (Å²) < 4.78 is 0. The number of rotatable bonds is 5. The molecule has 0 saturated heterocycles. The summed E-state index contributed by atoms with van der Waals surface area (Å²) in [6.45, 7) is 2.80. The lowest BCUT2D eigenvalue weighted by atomic mass is 9.96. The first-order valence-electron chi connectivity index (χ1n) is 4.90. The van der Waals surface area contributed by atoms with Crippen LogP contribution in [-0.4, -0.2) is 6.54 Å². The molecule has 0 aliphatic carbocycles. The van der Waals surface area contributed by atoms with Crippen LogP contribution in [0, 0.1) is 0 Å². The minimum Gasteiger partial charge on any atom is -0.0940 e. The zero-order valence-electron chi connectivity index (χ0n) is 8.43. The van der Waals surface area contributed by atoms with E-state index in [2.05, 4.69) is 41.2 Å². The van der Waals surface area contributed by atoms with E-state index in [1.54, 1.807) is 0 Å². The summed E-state index contributed by atoms with van der Waals surface area (Å²) in [6.07, 6.45) is 2.03. The maximum Gasteiger partial charge on any atom is 0.0258 e. The first-order chi connectivity index (χ1) is 6.84. The molecular formula is C11H15N3. The van der Waals surface area contributed by atoms with Crippen molar-refractivity contribution in [2.75, 3.05) is 6.54 Å². The average Bonchev–Trinajstić information content (AvgIpc) is 2.25. The van der Waals surface area contributed by atoms with Gasteiger partial charge in [0.1, 0.15) is 0 Å². The Hall–Kier alpha value is -1.47. The molecule has 0 unspecified atom stereocenters. The highest BCUT2D eigenvalue weighted by molar-refractivity contribution is 5.18. The third-order valence-electron chi connectivity index (χ3n) is 2.33. The maximum atomic E-state index is 8.11. The zero-order chi connectivity index (χ0) is 10.2. The van der Waals surface area contributed by atoms with Gasteiger partial charge in [0.2, 0.25) is 0 Å². The van der Waals surface area contributed by atoms with Crippen LogP contribution in [0.1, 0.15) is 31.2 Å². The third-order valence-corrected chi connectivity index (χ3v) is 2.33. The van der Waals surface area contributed by atoms with E-state index in [9.17, 15) is 0 Å². The highest BCUT2D eigenvalue weighted by Gasteiger charge is 2.02. The molecule has 1 aromatic rings. The van der Waals surface area contributed by atoms with Gasteiger partial charge < -0.3 is 0 Å². The van der Waals surface area contributed by atoms with Crippen molar-refractivity contribution < 1.29 is 0 Å². The maximum absolute atomic E-state index is 8.11. The van der Waals surface area contributed by atoms with Gasteiger partial charge in [-0.15, -0.1) is 0 Å². The van der Waals surface area contributed by atoms with Gasteiger partial charge in [-0.3, -0.25) is 0 Å². The lowest BCUT2D eigenvalue weighted by molar-refractivity contribution is 0.640. The molecule has 3 nitrogen and oxygen atoms in total. The van der Waals surface area contributed by atoms with Gasteiger partial charge in [-0.25, -0.2) is 0 Å². The van der Waals surface area contributed by atoms with Gasteiger partial charge in [-0.05, 0) is 29.9 Å². The molecule has 0 aromatic heterocycles. The molecule has 1 rings (SSSR count). The Labute approximate surface area is 84.4 Å². The van der Waals surface area contributed by atoms with Crippen molar-refractivity contribution >= 4 is 0 Å². The van der Waals surface area contributed by atoms with Gasteiger partial charge in [0.05, 0.1) is 0 Å². The number of hydrogen-bond donors (Lipinski definition) is 0. The quantitative estimate of drug-likeness (QED) is 0.292. The van der Waals surface area contributed by atoms with Gasteiger partial charge in [0, 0.05) is 11.5 Å². The van der Waals surface area contributed by atoms with Gasteiger partial charge in [-0.2, -0.15) is 0 Å². The molecular weight excluding hydrogens is 174 g/mol. The van der Waals surface area contributed by atoms with E-state index in [-0.39, 0.29) is 0 Å². The standard InChI is InChI=1S/C11H15N3/c1-10(6-5-9-13-14-12)11-7-3-2-4-8-11/h2-4,7-8,10H,5-6,9H2,1H3/t10-/m1/s1. The van der Waals surface area contributed by atoms with Crippen LogP contribution in [0.15, 0.2) is 35.4 Å². The predicted molar refractivity (Wildman–Crippen MR) is 58.1 cm³/mol. The highest BCUT2D eigenvalue weighted by Crippen LogP contribution is 2.19. The van der Waals surface area contributed by atoms with E-state index in [1.807, 2.05) is 6.07 Å². The number of benzene rings is 1. The highest BCUT2D eigenvalue weighted by atomic mass is 15.1. The lowest BCUT2D eigenvalue weighted by Crippen LogP contribution is -1.94. The van der Waals surface area contributed by atoms with E-state index in [1.165, 1.54) is 5.56 Å². The Morgan fingerprint density at radius 1 is 1.36 bits per heavy atom. The Balaban J connectivity index is 2.35. The van der Waals surface area contributed by atoms with Crippen LogP contribution in [0.4, 0.5) is 0 Å². The Morgan fingerprint density at radius 3 is 2.71 bits per heavy atom. The monoisotopic (exact) mass is 189 g/mol. The molecule has 1 aromatic carbocycles. The van der Waals surface area contributed by atoms with Crippen LogP contribution < -0.4 is 0 Å². The summed E-state index contributed by atoms with van der Waals surface area (Å²) in [6, 6.07) is 10.4. The molecule has 0 bridgehead atoms. The Kier molecular flexibility index (Phi) is 4.59. The molecule has 0 amide bonds. The number of nitrogens with zero attached hydrogens (tertiary/aromatic N) is 3. The Bertz CT molecular complexity index is 302. The van der Waals surface area contributed by atoms with E-state index in [4.69, 9.17) is 5.53 Å². The van der Waals surface area contributed by atoms with Crippen molar-refractivity contribution in [2.45, 2.75) is 25.7 Å². The molecule has 1 atom stereocenters. The van der Waals surface area contributed by atoms with E-state index >= 15 is 0 Å². The number of azide groups is 1. The van der Waals surface area contributed by atoms with Crippen molar-refractivity contribution in [3.63, 3.8) is 0 Å². The van der Waals surface area contributed by atoms with Crippen molar-refractivity contribution in [2.24, 2.45) is 5.11 Å². The fraction of sp³-hybridized carbons (Fsp3) is 0.455. The molecule has 3 heteroatoms. The summed E-state index contributed by atoms with van der Waals surface area (Å²) in [5, 5.41) is 3.52. The second-order valence-corrected chi connectivity index (χ2v) is 3.41. The smallest absolute Gasteiger partial charge is 0.0258 e. The molecule has 0 radical (unpaired) electrons. The molecule has 0 aliphatic rings. The van der Waals surface area contributed by atoms with Crippen LogP contribution >= 0.6 is 0 Å². The SMILES string of the molecule is C[C@H](CCCN=[N+]=[N-])c1ccccc1. The first kappa shape index (κ1) is 10.6. The van der Waals surface area contributed by atoms with Gasteiger partial charge in [0.15, 0.2) is 0 Å². The normalized spacial score (nSPS) is 11.8. The Morgan fingerprint density at radius 2 is 2.07 bits per heavy atom. The van der Waals surface area contributed by atoms with Crippen molar-refractivity contribution in [1.29, 1.82) is 0 Å². The molecule has 0 N–H and O–H groups in total. The van der Waals surface area contributed by atoms with E-state index in [0.29, 0.717) is 12.5 Å². The second-order valence-electron chi connectivity index (χ2n) is 3.41. The van der Waals surface area contributed by atoms with E-state index < -0.39 is 0 Å². The summed E-state index contributed by atoms with van der Waals surface area (Å²) in [7, 11) is 0. The molecule has 0 heterocycles. The second kappa shape index (κ2) is 6.06. The lowest BCUT2D eigenvalue weighted by Gasteiger charge is -2.10. The summed E-state index contributed by atoms with van der Waals surface area (Å²) in [5.74, 6) is 0.546. The van der Waals surface area contributed by atoms with Crippen LogP contribution in [0.25, 0.3) is 10.4 Å². The fourth-order valence-electron chi connectivity index (χ4n) is 1.46. The topological polar surface area (TPSA) is 48.8 Å². The zero-order valence-corrected chi connectivity index (χ0v) is 8.43. The number of hydrogen-bond acceptors (Lipinski definition) is 1. The third kappa shape index (κ3) is 3.50. The van der Waals surface area contributed by atoms with Crippen LogP contribution in [-0.2, 0) is 0 Å². The van der Waals surface area contributed by atoms with Gasteiger partial charge >= 0.3 is 0 Å². The minimum atomic E-state index is 0.546. The molecule has 0 saturated carbocycles. The predicted octanol–water partition coefficient (Wildman–Crippen LogP) is 3.88. The minimum absolute atomic E-state index is 0.546. The van der Waals surface area contributed by atoms with Gasteiger partial charge in [-0.1, -0.05) is 42.4 Å². The molecule has 0 spiro atoms. The molecule has 14 heavy (non-hydrogen) atoms. The summed E-state index contributed by atoms with van der Waals surface area (Å²) in [4.78, 5) is 2.73. The molecule has 0 fully saturated rings. The van der Waals surface area contributed by atoms with Crippen molar-refractivity contribution in [3.8, 4) is 0 Å². The van der Waals surface area contributed by atoms with Crippen molar-refractivity contribution in [1.82, 2.24) is 0 Å². The summed E-state index contributed by atoms with van der Waals surface area (Å²) >= 11 is 0.